The van der Waals surface area contributed by atoms with Gasteiger partial charge in [-0.3, -0.25) is 0 Å². The summed E-state index contributed by atoms with van der Waals surface area (Å²) >= 11 is 5.73. The van der Waals surface area contributed by atoms with Crippen molar-refractivity contribution in [2.75, 3.05) is 18.0 Å². The summed E-state index contributed by atoms with van der Waals surface area (Å²) in [6.07, 6.45) is 0. The van der Waals surface area contributed by atoms with E-state index in [9.17, 15) is 4.79 Å². The minimum Gasteiger partial charge on any atom is -0.422 e. The van der Waals surface area contributed by atoms with Crippen molar-refractivity contribution in [3.8, 4) is 0 Å². The fourth-order valence-electron chi connectivity index (χ4n) is 1.86. The van der Waals surface area contributed by atoms with E-state index in [-0.39, 0.29) is 5.02 Å². The lowest BCUT2D eigenvalue weighted by Gasteiger charge is -2.20. The molecule has 0 bridgehead atoms. The molecule has 1 aromatic carbocycles. The molecule has 1 aromatic heterocycles. The highest BCUT2D eigenvalue weighted by atomic mass is 35.5. The molecule has 0 unspecified atom stereocenters. The fraction of sp³-hybridized carbons (Fsp3) is 0.308. The Labute approximate surface area is 105 Å². The summed E-state index contributed by atoms with van der Waals surface area (Å²) in [5, 5.41) is 0.957. The number of anilines is 1. The molecule has 3 nitrogen and oxygen atoms in total. The van der Waals surface area contributed by atoms with Crippen LogP contribution in [-0.2, 0) is 0 Å². The van der Waals surface area contributed by atoms with Crippen molar-refractivity contribution in [3.63, 3.8) is 0 Å². The molecular formula is C13H14ClNO2. The summed E-state index contributed by atoms with van der Waals surface area (Å²) in [6, 6.07) is 7.43. The second-order valence-electron chi connectivity index (χ2n) is 3.78. The smallest absolute Gasteiger partial charge is 0.355 e. The predicted molar refractivity (Wildman–Crippen MR) is 71.1 cm³/mol. The number of hydrogen-bond acceptors (Lipinski definition) is 3. The molecule has 0 saturated heterocycles. The number of fused-ring (bicyclic) bond motifs is 1. The van der Waals surface area contributed by atoms with Gasteiger partial charge in [-0.15, -0.1) is 0 Å². The standard InChI is InChI=1S/C13H14ClNO2/c1-3-15(4-2)10-6-5-9-7-11(14)13(16)17-12(9)8-10/h5-8H,3-4H2,1-2H3. The zero-order chi connectivity index (χ0) is 12.4. The molecule has 0 radical (unpaired) electrons. The molecule has 0 N–H and O–H groups in total. The molecule has 2 rings (SSSR count). The molecule has 1 heterocycles. The van der Waals surface area contributed by atoms with Crippen LogP contribution in [0.5, 0.6) is 0 Å². The summed E-state index contributed by atoms with van der Waals surface area (Å²) in [5.41, 5.74) is 1.13. The quantitative estimate of drug-likeness (QED) is 0.785. The van der Waals surface area contributed by atoms with Crippen molar-refractivity contribution in [1.82, 2.24) is 0 Å². The van der Waals surface area contributed by atoms with Gasteiger partial charge in [-0.1, -0.05) is 11.6 Å². The second kappa shape index (κ2) is 4.80. The maximum absolute atomic E-state index is 11.3. The fourth-order valence-corrected chi connectivity index (χ4v) is 2.02. The highest BCUT2D eigenvalue weighted by molar-refractivity contribution is 6.30. The van der Waals surface area contributed by atoms with E-state index in [1.54, 1.807) is 6.07 Å². The number of halogens is 1. The van der Waals surface area contributed by atoms with Crippen LogP contribution in [0.4, 0.5) is 5.69 Å². The summed E-state index contributed by atoms with van der Waals surface area (Å²) < 4.78 is 5.16. The monoisotopic (exact) mass is 251 g/mol. The Morgan fingerprint density at radius 1 is 1.24 bits per heavy atom. The minimum atomic E-state index is -0.490. The number of hydrogen-bond donors (Lipinski definition) is 0. The summed E-state index contributed by atoms with van der Waals surface area (Å²) in [6.45, 7) is 6.01. The van der Waals surface area contributed by atoms with Gasteiger partial charge in [0.2, 0.25) is 0 Å². The van der Waals surface area contributed by atoms with Gasteiger partial charge in [0.1, 0.15) is 10.6 Å². The lowest BCUT2D eigenvalue weighted by Crippen LogP contribution is -2.21. The first-order chi connectivity index (χ1) is 8.15. The van der Waals surface area contributed by atoms with Gasteiger partial charge in [0, 0.05) is 30.2 Å². The molecule has 2 aromatic rings. The van der Waals surface area contributed by atoms with Crippen molar-refractivity contribution in [1.29, 1.82) is 0 Å². The Balaban J connectivity index is 2.57. The van der Waals surface area contributed by atoms with E-state index < -0.39 is 5.63 Å². The maximum Gasteiger partial charge on any atom is 0.355 e. The lowest BCUT2D eigenvalue weighted by molar-refractivity contribution is 0.561. The maximum atomic E-state index is 11.3. The number of rotatable bonds is 3. The minimum absolute atomic E-state index is 0.119. The molecular weight excluding hydrogens is 238 g/mol. The molecule has 0 atom stereocenters. The Bertz CT molecular complexity index is 587. The van der Waals surface area contributed by atoms with E-state index in [0.29, 0.717) is 5.58 Å². The average molecular weight is 252 g/mol. The normalized spacial score (nSPS) is 10.8. The van der Waals surface area contributed by atoms with Crippen LogP contribution in [-0.4, -0.2) is 13.1 Å². The van der Waals surface area contributed by atoms with Gasteiger partial charge in [-0.25, -0.2) is 4.79 Å². The van der Waals surface area contributed by atoms with E-state index in [4.69, 9.17) is 16.0 Å². The van der Waals surface area contributed by atoms with Crippen LogP contribution in [0.2, 0.25) is 5.02 Å². The summed E-state index contributed by atoms with van der Waals surface area (Å²) in [4.78, 5) is 13.5. The molecule has 90 valence electrons. The first kappa shape index (κ1) is 12.0. The SMILES string of the molecule is CCN(CC)c1ccc2cc(Cl)c(=O)oc2c1. The molecule has 17 heavy (non-hydrogen) atoms. The molecule has 4 heteroatoms. The van der Waals surface area contributed by atoms with Crippen LogP contribution >= 0.6 is 11.6 Å². The molecule has 0 aliphatic carbocycles. The van der Waals surface area contributed by atoms with E-state index in [2.05, 4.69) is 18.7 Å². The molecule has 0 fully saturated rings. The van der Waals surface area contributed by atoms with Crippen molar-refractivity contribution >= 4 is 28.3 Å². The first-order valence-electron chi connectivity index (χ1n) is 5.64. The van der Waals surface area contributed by atoms with Crippen molar-refractivity contribution in [3.05, 3.63) is 39.7 Å². The van der Waals surface area contributed by atoms with Crippen molar-refractivity contribution < 1.29 is 4.42 Å². The predicted octanol–water partition coefficient (Wildman–Crippen LogP) is 3.29. The van der Waals surface area contributed by atoms with Gasteiger partial charge in [0.25, 0.3) is 0 Å². The van der Waals surface area contributed by atoms with Gasteiger partial charge < -0.3 is 9.32 Å². The number of benzene rings is 1. The van der Waals surface area contributed by atoms with Gasteiger partial charge in [0.15, 0.2) is 0 Å². The third kappa shape index (κ3) is 2.29. The van der Waals surface area contributed by atoms with E-state index >= 15 is 0 Å². The molecule has 0 saturated carbocycles. The van der Waals surface area contributed by atoms with Gasteiger partial charge in [-0.2, -0.15) is 0 Å². The molecule has 0 aliphatic heterocycles. The Morgan fingerprint density at radius 2 is 1.94 bits per heavy atom. The zero-order valence-corrected chi connectivity index (χ0v) is 10.6. The first-order valence-corrected chi connectivity index (χ1v) is 6.01. The van der Waals surface area contributed by atoms with E-state index in [1.807, 2.05) is 18.2 Å². The van der Waals surface area contributed by atoms with E-state index in [0.717, 1.165) is 24.2 Å². The van der Waals surface area contributed by atoms with Gasteiger partial charge >= 0.3 is 5.63 Å². The van der Waals surface area contributed by atoms with Crippen molar-refractivity contribution in [2.24, 2.45) is 0 Å². The zero-order valence-electron chi connectivity index (χ0n) is 9.87. The van der Waals surface area contributed by atoms with Crippen LogP contribution < -0.4 is 10.5 Å². The topological polar surface area (TPSA) is 33.5 Å². The molecule has 0 aliphatic rings. The van der Waals surface area contributed by atoms with Gasteiger partial charge in [0.05, 0.1) is 0 Å². The molecule has 0 amide bonds. The third-order valence-electron chi connectivity index (χ3n) is 2.81. The average Bonchev–Trinajstić information content (AvgIpc) is 2.32. The summed E-state index contributed by atoms with van der Waals surface area (Å²) in [5.74, 6) is 0. The number of nitrogens with zero attached hydrogens (tertiary/aromatic N) is 1. The van der Waals surface area contributed by atoms with Crippen LogP contribution in [0, 0.1) is 0 Å². The van der Waals surface area contributed by atoms with Gasteiger partial charge in [-0.05, 0) is 32.0 Å². The van der Waals surface area contributed by atoms with E-state index in [1.165, 1.54) is 0 Å². The van der Waals surface area contributed by atoms with Crippen LogP contribution in [0.3, 0.4) is 0 Å². The highest BCUT2D eigenvalue weighted by Crippen LogP contribution is 2.22. The Hall–Kier alpha value is -1.48. The largest absolute Gasteiger partial charge is 0.422 e. The third-order valence-corrected chi connectivity index (χ3v) is 3.07. The van der Waals surface area contributed by atoms with Crippen LogP contribution in [0.1, 0.15) is 13.8 Å². The Morgan fingerprint density at radius 3 is 2.59 bits per heavy atom. The highest BCUT2D eigenvalue weighted by Gasteiger charge is 2.06. The van der Waals surface area contributed by atoms with Crippen LogP contribution in [0.15, 0.2) is 33.5 Å². The van der Waals surface area contributed by atoms with Crippen molar-refractivity contribution in [2.45, 2.75) is 13.8 Å². The summed E-state index contributed by atoms with van der Waals surface area (Å²) in [7, 11) is 0. The van der Waals surface area contributed by atoms with Crippen LogP contribution in [0.25, 0.3) is 11.0 Å². The second-order valence-corrected chi connectivity index (χ2v) is 4.18. The Kier molecular flexibility index (Phi) is 3.38. The lowest BCUT2D eigenvalue weighted by atomic mass is 10.2. The molecule has 0 spiro atoms.